The topological polar surface area (TPSA) is 85.1 Å². The minimum absolute atomic E-state index is 0.0160. The van der Waals surface area contributed by atoms with Crippen LogP contribution >= 0.6 is 23.2 Å². The lowest BCUT2D eigenvalue weighted by Crippen LogP contribution is -2.13. The van der Waals surface area contributed by atoms with Crippen LogP contribution in [0.15, 0.2) is 41.4 Å². The van der Waals surface area contributed by atoms with E-state index in [1.165, 1.54) is 24.3 Å². The first-order chi connectivity index (χ1) is 8.88. The Morgan fingerprint density at radius 1 is 1.16 bits per heavy atom. The lowest BCUT2D eigenvalue weighted by Gasteiger charge is -2.09. The molecule has 0 amide bonds. The van der Waals surface area contributed by atoms with Gasteiger partial charge in [0.1, 0.15) is 10.7 Å². The van der Waals surface area contributed by atoms with Crippen molar-refractivity contribution in [3.63, 3.8) is 0 Å². The van der Waals surface area contributed by atoms with Crippen molar-refractivity contribution < 1.29 is 8.42 Å². The van der Waals surface area contributed by atoms with E-state index in [-0.39, 0.29) is 21.4 Å². The van der Waals surface area contributed by atoms with E-state index < -0.39 is 10.0 Å². The maximum absolute atomic E-state index is 12.1. The third kappa shape index (κ3) is 3.28. The predicted octanol–water partition coefficient (Wildman–Crippen LogP) is 2.77. The molecule has 1 heterocycles. The number of hydrogen-bond acceptors (Lipinski definition) is 4. The van der Waals surface area contributed by atoms with E-state index >= 15 is 0 Å². The van der Waals surface area contributed by atoms with Gasteiger partial charge >= 0.3 is 0 Å². The summed E-state index contributed by atoms with van der Waals surface area (Å²) in [5.74, 6) is 0.236. The lowest BCUT2D eigenvalue weighted by atomic mass is 10.3. The number of pyridine rings is 1. The molecule has 2 rings (SSSR count). The van der Waals surface area contributed by atoms with Gasteiger partial charge in [-0.15, -0.1) is 0 Å². The van der Waals surface area contributed by atoms with Crippen LogP contribution in [0.3, 0.4) is 0 Å². The highest BCUT2D eigenvalue weighted by molar-refractivity contribution is 7.92. The van der Waals surface area contributed by atoms with E-state index in [9.17, 15) is 8.42 Å². The van der Waals surface area contributed by atoms with Crippen molar-refractivity contribution in [3.05, 3.63) is 46.6 Å². The molecule has 0 aliphatic carbocycles. The highest BCUT2D eigenvalue weighted by Crippen LogP contribution is 2.27. The Morgan fingerprint density at radius 2 is 1.89 bits per heavy atom. The van der Waals surface area contributed by atoms with Crippen molar-refractivity contribution in [2.45, 2.75) is 4.90 Å². The van der Waals surface area contributed by atoms with Gasteiger partial charge in [0.05, 0.1) is 10.7 Å². The second-order valence-electron chi connectivity index (χ2n) is 3.65. The zero-order valence-corrected chi connectivity index (χ0v) is 11.8. The van der Waals surface area contributed by atoms with Gasteiger partial charge in [0.2, 0.25) is 0 Å². The fraction of sp³-hybridized carbons (Fsp3) is 0. The van der Waals surface area contributed by atoms with E-state index in [4.69, 9.17) is 28.9 Å². The highest BCUT2D eigenvalue weighted by atomic mass is 35.5. The van der Waals surface area contributed by atoms with Crippen LogP contribution < -0.4 is 10.5 Å². The Hall–Kier alpha value is -1.50. The Kier molecular flexibility index (Phi) is 3.84. The molecule has 0 aliphatic rings. The summed E-state index contributed by atoms with van der Waals surface area (Å²) in [6.45, 7) is 0. The molecule has 100 valence electrons. The van der Waals surface area contributed by atoms with Crippen molar-refractivity contribution in [2.75, 3.05) is 10.5 Å². The molecular weight excluding hydrogens is 309 g/mol. The largest absolute Gasteiger partial charge is 0.384 e. The van der Waals surface area contributed by atoms with E-state index in [1.807, 2.05) is 0 Å². The van der Waals surface area contributed by atoms with Crippen molar-refractivity contribution >= 4 is 44.7 Å². The summed E-state index contributed by atoms with van der Waals surface area (Å²) in [7, 11) is -3.78. The molecule has 5 nitrogen and oxygen atoms in total. The number of nitrogens with one attached hydrogen (secondary N) is 1. The zero-order valence-electron chi connectivity index (χ0n) is 9.47. The summed E-state index contributed by atoms with van der Waals surface area (Å²) in [4.78, 5) is 3.71. The average Bonchev–Trinajstić information content (AvgIpc) is 2.34. The van der Waals surface area contributed by atoms with Gasteiger partial charge in [-0.05, 0) is 30.3 Å². The maximum atomic E-state index is 12.1. The average molecular weight is 318 g/mol. The van der Waals surface area contributed by atoms with Gasteiger partial charge in [-0.25, -0.2) is 13.4 Å². The highest BCUT2D eigenvalue weighted by Gasteiger charge is 2.16. The predicted molar refractivity (Wildman–Crippen MR) is 75.9 cm³/mol. The zero-order chi connectivity index (χ0) is 14.0. The van der Waals surface area contributed by atoms with Crippen LogP contribution in [0.4, 0.5) is 11.5 Å². The van der Waals surface area contributed by atoms with E-state index in [2.05, 4.69) is 9.71 Å². The number of nitrogens with zero attached hydrogens (tertiary/aromatic N) is 1. The third-order valence-electron chi connectivity index (χ3n) is 2.24. The van der Waals surface area contributed by atoms with Crippen LogP contribution in [0.1, 0.15) is 0 Å². The van der Waals surface area contributed by atoms with Gasteiger partial charge in [-0.1, -0.05) is 23.2 Å². The summed E-state index contributed by atoms with van der Waals surface area (Å²) >= 11 is 11.7. The first-order valence-electron chi connectivity index (χ1n) is 5.08. The standard InChI is InChI=1S/C11H9Cl2N3O2S/c12-7-1-3-9(13)10(5-7)16-19(17,18)8-2-4-11(14)15-6-8/h1-6,16H,(H2,14,15). The SMILES string of the molecule is Nc1ccc(S(=O)(=O)Nc2cc(Cl)ccc2Cl)cn1. The van der Waals surface area contributed by atoms with Gasteiger partial charge in [-0.2, -0.15) is 0 Å². The summed E-state index contributed by atoms with van der Waals surface area (Å²) in [6, 6.07) is 7.23. The third-order valence-corrected chi connectivity index (χ3v) is 4.16. The fourth-order valence-corrected chi connectivity index (χ4v) is 2.74. The molecule has 0 radical (unpaired) electrons. The molecule has 0 fully saturated rings. The van der Waals surface area contributed by atoms with Crippen LogP contribution in [0.25, 0.3) is 0 Å². The smallest absolute Gasteiger partial charge is 0.263 e. The number of sulfonamides is 1. The van der Waals surface area contributed by atoms with E-state index in [0.29, 0.717) is 5.02 Å². The first kappa shape index (κ1) is 13.9. The van der Waals surface area contributed by atoms with Gasteiger partial charge in [0.15, 0.2) is 0 Å². The number of anilines is 2. The summed E-state index contributed by atoms with van der Waals surface area (Å²) < 4.78 is 26.5. The molecular formula is C11H9Cl2N3O2S. The molecule has 0 saturated heterocycles. The fourth-order valence-electron chi connectivity index (χ4n) is 1.33. The second kappa shape index (κ2) is 5.24. The molecule has 0 unspecified atom stereocenters. The van der Waals surface area contributed by atoms with E-state index in [1.54, 1.807) is 6.07 Å². The second-order valence-corrected chi connectivity index (χ2v) is 6.17. The minimum atomic E-state index is -3.78. The molecule has 19 heavy (non-hydrogen) atoms. The Balaban J connectivity index is 2.36. The molecule has 0 saturated carbocycles. The molecule has 2 aromatic rings. The summed E-state index contributed by atoms with van der Waals surface area (Å²) in [5, 5.41) is 0.619. The van der Waals surface area contributed by atoms with Gasteiger partial charge in [0, 0.05) is 11.2 Å². The molecule has 0 spiro atoms. The molecule has 1 aromatic carbocycles. The van der Waals surface area contributed by atoms with E-state index in [0.717, 1.165) is 6.20 Å². The van der Waals surface area contributed by atoms with Crippen LogP contribution in [0.5, 0.6) is 0 Å². The molecule has 0 bridgehead atoms. The van der Waals surface area contributed by atoms with Gasteiger partial charge in [0.25, 0.3) is 10.0 Å². The Labute approximate surface area is 120 Å². The van der Waals surface area contributed by atoms with Crippen molar-refractivity contribution in [3.8, 4) is 0 Å². The number of aromatic nitrogens is 1. The number of rotatable bonds is 3. The molecule has 0 atom stereocenters. The maximum Gasteiger partial charge on any atom is 0.263 e. The monoisotopic (exact) mass is 317 g/mol. The van der Waals surface area contributed by atoms with Crippen LogP contribution in [-0.4, -0.2) is 13.4 Å². The van der Waals surface area contributed by atoms with Crippen molar-refractivity contribution in [1.82, 2.24) is 4.98 Å². The first-order valence-corrected chi connectivity index (χ1v) is 7.32. The molecule has 8 heteroatoms. The molecule has 1 aromatic heterocycles. The number of hydrogen-bond donors (Lipinski definition) is 2. The number of nitrogens with two attached hydrogens (primary N) is 1. The number of nitrogen functional groups attached to an aromatic ring is 1. The van der Waals surface area contributed by atoms with Crippen LogP contribution in [-0.2, 0) is 10.0 Å². The summed E-state index contributed by atoms with van der Waals surface area (Å²) in [5.41, 5.74) is 5.60. The van der Waals surface area contributed by atoms with Gasteiger partial charge in [-0.3, -0.25) is 4.72 Å². The summed E-state index contributed by atoms with van der Waals surface area (Å²) in [6.07, 6.45) is 1.16. The van der Waals surface area contributed by atoms with Crippen molar-refractivity contribution in [2.24, 2.45) is 0 Å². The van der Waals surface area contributed by atoms with Crippen LogP contribution in [0, 0.1) is 0 Å². The normalized spacial score (nSPS) is 11.3. The van der Waals surface area contributed by atoms with Gasteiger partial charge < -0.3 is 5.73 Å². The molecule has 3 N–H and O–H groups in total. The minimum Gasteiger partial charge on any atom is -0.384 e. The Bertz CT molecular complexity index is 702. The number of benzene rings is 1. The Morgan fingerprint density at radius 3 is 2.53 bits per heavy atom. The van der Waals surface area contributed by atoms with Crippen LogP contribution in [0.2, 0.25) is 10.0 Å². The lowest BCUT2D eigenvalue weighted by molar-refractivity contribution is 0.601. The van der Waals surface area contributed by atoms with Crippen molar-refractivity contribution in [1.29, 1.82) is 0 Å². The molecule has 0 aliphatic heterocycles. The number of halogens is 2. The quantitative estimate of drug-likeness (QED) is 0.911.